The molecule has 1 atom stereocenters. The van der Waals surface area contributed by atoms with E-state index in [-0.39, 0.29) is 5.43 Å². The summed E-state index contributed by atoms with van der Waals surface area (Å²) >= 11 is 1.55. The Bertz CT molecular complexity index is 1600. The minimum absolute atomic E-state index is 0.0532. The van der Waals surface area contributed by atoms with Crippen LogP contribution in [-0.4, -0.2) is 12.8 Å². The molecule has 0 radical (unpaired) electrons. The van der Waals surface area contributed by atoms with Crippen molar-refractivity contribution in [3.8, 4) is 5.75 Å². The van der Waals surface area contributed by atoms with Gasteiger partial charge in [0.2, 0.25) is 5.72 Å². The van der Waals surface area contributed by atoms with Gasteiger partial charge in [0.25, 0.3) is 0 Å². The van der Waals surface area contributed by atoms with Crippen molar-refractivity contribution < 1.29 is 17.9 Å². The highest BCUT2D eigenvalue weighted by atomic mass is 32.1. The molecule has 6 rings (SSSR count). The third-order valence-corrected chi connectivity index (χ3v) is 8.38. The maximum Gasteiger partial charge on any atom is 0.416 e. The lowest BCUT2D eigenvalue weighted by atomic mass is 9.76. The van der Waals surface area contributed by atoms with E-state index in [2.05, 4.69) is 0 Å². The van der Waals surface area contributed by atoms with E-state index in [0.29, 0.717) is 33.3 Å². The van der Waals surface area contributed by atoms with Gasteiger partial charge < -0.3 is 9.64 Å². The van der Waals surface area contributed by atoms with E-state index in [1.165, 1.54) is 12.1 Å². The van der Waals surface area contributed by atoms with Crippen LogP contribution in [0.1, 0.15) is 30.5 Å². The summed E-state index contributed by atoms with van der Waals surface area (Å²) in [6.07, 6.45) is -0.664. The highest BCUT2D eigenvalue weighted by Crippen LogP contribution is 2.55. The molecule has 172 valence electrons. The van der Waals surface area contributed by atoms with Crippen LogP contribution >= 0.6 is 11.3 Å². The highest BCUT2D eigenvalue weighted by molar-refractivity contribution is 7.24. The van der Waals surface area contributed by atoms with Crippen molar-refractivity contribution >= 4 is 43.3 Å². The van der Waals surface area contributed by atoms with E-state index in [1.807, 2.05) is 74.3 Å². The van der Waals surface area contributed by atoms with Gasteiger partial charge in [0.15, 0.2) is 5.43 Å². The number of likely N-dealkylation sites (N-methyl/N-ethyl adjacent to an activating group) is 1. The zero-order valence-corrected chi connectivity index (χ0v) is 19.5. The van der Waals surface area contributed by atoms with Crippen molar-refractivity contribution in [3.05, 3.63) is 87.6 Å². The molecule has 0 amide bonds. The topological polar surface area (TPSA) is 29.5 Å². The summed E-state index contributed by atoms with van der Waals surface area (Å²) < 4.78 is 48.7. The molecule has 1 spiro atoms. The number of rotatable bonds is 0. The van der Waals surface area contributed by atoms with Crippen molar-refractivity contribution in [2.24, 2.45) is 0 Å². The van der Waals surface area contributed by atoms with E-state index >= 15 is 0 Å². The van der Waals surface area contributed by atoms with Crippen molar-refractivity contribution in [1.29, 1.82) is 0 Å². The molecule has 34 heavy (non-hydrogen) atoms. The van der Waals surface area contributed by atoms with Crippen LogP contribution in [0.5, 0.6) is 5.75 Å². The van der Waals surface area contributed by atoms with Crippen molar-refractivity contribution in [2.45, 2.75) is 31.2 Å². The molecule has 1 aromatic heterocycles. The zero-order chi connectivity index (χ0) is 24.0. The number of benzene rings is 3. The Morgan fingerprint density at radius 3 is 2.53 bits per heavy atom. The van der Waals surface area contributed by atoms with Gasteiger partial charge in [-0.25, -0.2) is 0 Å². The Balaban J connectivity index is 1.54. The predicted octanol–water partition coefficient (Wildman–Crippen LogP) is 6.96. The molecule has 0 N–H and O–H groups in total. The molecule has 3 heterocycles. The standard InChI is InChI=1S/C27H20F3NO2S/c1-25(2)18-14-15(27(28,29)30)8-9-19(18)31(3)26(25)13-12-16-20(33-26)10-11-22-23(16)24(32)17-6-4-5-7-21(17)34-22/h4-14H,1-3H3. The van der Waals surface area contributed by atoms with Gasteiger partial charge in [0, 0.05) is 33.1 Å². The molecule has 0 saturated heterocycles. The molecule has 4 aromatic rings. The second-order valence-corrected chi connectivity index (χ2v) is 10.4. The zero-order valence-electron chi connectivity index (χ0n) is 18.7. The Labute approximate surface area is 197 Å². The smallest absolute Gasteiger partial charge is 0.416 e. The van der Waals surface area contributed by atoms with Gasteiger partial charge in [-0.05, 0) is 74.0 Å². The van der Waals surface area contributed by atoms with Crippen LogP contribution in [-0.2, 0) is 11.6 Å². The molecule has 0 fully saturated rings. The van der Waals surface area contributed by atoms with Crippen LogP contribution < -0.4 is 15.1 Å². The first-order chi connectivity index (χ1) is 16.0. The van der Waals surface area contributed by atoms with Crippen LogP contribution in [0.4, 0.5) is 18.9 Å². The summed E-state index contributed by atoms with van der Waals surface area (Å²) in [7, 11) is 1.83. The number of alkyl halides is 3. The van der Waals surface area contributed by atoms with E-state index in [0.717, 1.165) is 15.5 Å². The molecule has 3 nitrogen and oxygen atoms in total. The fourth-order valence-corrected chi connectivity index (χ4v) is 6.46. The van der Waals surface area contributed by atoms with Crippen LogP contribution in [0, 0.1) is 0 Å². The number of ether oxygens (including phenoxy) is 1. The summed E-state index contributed by atoms with van der Waals surface area (Å²) in [6, 6.07) is 15.1. The maximum absolute atomic E-state index is 13.4. The van der Waals surface area contributed by atoms with E-state index in [4.69, 9.17) is 4.74 Å². The lowest BCUT2D eigenvalue weighted by Gasteiger charge is -2.45. The Kier molecular flexibility index (Phi) is 4.14. The largest absolute Gasteiger partial charge is 0.463 e. The molecule has 0 aliphatic carbocycles. The van der Waals surface area contributed by atoms with Crippen molar-refractivity contribution in [2.75, 3.05) is 11.9 Å². The molecular formula is C27H20F3NO2S. The van der Waals surface area contributed by atoms with E-state index in [9.17, 15) is 18.0 Å². The average molecular weight is 480 g/mol. The van der Waals surface area contributed by atoms with Gasteiger partial charge in [-0.1, -0.05) is 12.1 Å². The quantitative estimate of drug-likeness (QED) is 0.255. The van der Waals surface area contributed by atoms with Gasteiger partial charge in [-0.2, -0.15) is 13.2 Å². The number of hydrogen-bond acceptors (Lipinski definition) is 4. The van der Waals surface area contributed by atoms with Crippen LogP contribution in [0.15, 0.2) is 65.5 Å². The summed E-state index contributed by atoms with van der Waals surface area (Å²) in [5.41, 5.74) is -0.618. The fraction of sp³-hybridized carbons (Fsp3) is 0.222. The van der Waals surface area contributed by atoms with Crippen LogP contribution in [0.25, 0.3) is 26.2 Å². The number of anilines is 1. The summed E-state index contributed by atoms with van der Waals surface area (Å²) in [5.74, 6) is 0.540. The molecule has 7 heteroatoms. The van der Waals surface area contributed by atoms with Gasteiger partial charge in [0.1, 0.15) is 5.75 Å². The molecule has 0 saturated carbocycles. The third-order valence-electron chi connectivity index (χ3n) is 7.24. The molecule has 0 bridgehead atoms. The Hall–Kier alpha value is -3.32. The van der Waals surface area contributed by atoms with E-state index in [1.54, 1.807) is 11.3 Å². The van der Waals surface area contributed by atoms with E-state index < -0.39 is 22.9 Å². The summed E-state index contributed by atoms with van der Waals surface area (Å²) in [5, 5.41) is 1.26. The van der Waals surface area contributed by atoms with Gasteiger partial charge in [0.05, 0.1) is 16.4 Å². The van der Waals surface area contributed by atoms with Gasteiger partial charge >= 0.3 is 6.18 Å². The normalized spacial score (nSPS) is 20.6. The molecule has 2 aliphatic rings. The Morgan fingerprint density at radius 1 is 1.00 bits per heavy atom. The molecular weight excluding hydrogens is 459 g/mol. The predicted molar refractivity (Wildman–Crippen MR) is 131 cm³/mol. The minimum Gasteiger partial charge on any atom is -0.463 e. The van der Waals surface area contributed by atoms with Crippen molar-refractivity contribution in [3.63, 3.8) is 0 Å². The fourth-order valence-electron chi connectivity index (χ4n) is 5.36. The van der Waals surface area contributed by atoms with Crippen LogP contribution in [0.2, 0.25) is 0 Å². The lowest BCUT2D eigenvalue weighted by molar-refractivity contribution is -0.137. The van der Waals surface area contributed by atoms with Gasteiger partial charge in [-0.3, -0.25) is 4.79 Å². The van der Waals surface area contributed by atoms with Crippen LogP contribution in [0.3, 0.4) is 0 Å². The third kappa shape index (κ3) is 2.61. The molecule has 2 aliphatic heterocycles. The second-order valence-electron chi connectivity index (χ2n) is 9.32. The Morgan fingerprint density at radius 2 is 1.76 bits per heavy atom. The SMILES string of the molecule is CN1c2ccc(C(F)(F)F)cc2C(C)(C)C12C=Cc1c(ccc3sc4ccccc4c(=O)c13)O2. The lowest BCUT2D eigenvalue weighted by Crippen LogP contribution is -2.58. The monoisotopic (exact) mass is 479 g/mol. The molecule has 3 aromatic carbocycles. The first-order valence-electron chi connectivity index (χ1n) is 10.9. The van der Waals surface area contributed by atoms with Gasteiger partial charge in [-0.15, -0.1) is 11.3 Å². The number of hydrogen-bond donors (Lipinski definition) is 0. The second kappa shape index (κ2) is 6.63. The first-order valence-corrected chi connectivity index (χ1v) is 11.7. The minimum atomic E-state index is -4.43. The summed E-state index contributed by atoms with van der Waals surface area (Å²) in [4.78, 5) is 15.3. The summed E-state index contributed by atoms with van der Waals surface area (Å²) in [6.45, 7) is 3.78. The average Bonchev–Trinajstić information content (AvgIpc) is 2.96. The number of halogens is 3. The first kappa shape index (κ1) is 21.2. The molecule has 1 unspecified atom stereocenters. The maximum atomic E-state index is 13.4. The van der Waals surface area contributed by atoms with Crippen molar-refractivity contribution in [1.82, 2.24) is 0 Å². The number of nitrogens with zero attached hydrogens (tertiary/aromatic N) is 1. The number of fused-ring (bicyclic) bond motifs is 5. The highest BCUT2D eigenvalue weighted by Gasteiger charge is 2.58.